The van der Waals surface area contributed by atoms with E-state index in [9.17, 15) is 4.79 Å². The maximum atomic E-state index is 12.3. The Hall–Kier alpha value is -3.15. The molecule has 0 saturated carbocycles. The minimum Gasteiger partial charge on any atom is -0.372 e. The Morgan fingerprint density at radius 2 is 1.75 bits per heavy atom. The zero-order valence-corrected chi connectivity index (χ0v) is 16.0. The second-order valence-corrected chi connectivity index (χ2v) is 7.11. The molecule has 1 fully saturated rings. The summed E-state index contributed by atoms with van der Waals surface area (Å²) in [6, 6.07) is 17.0. The number of carbonyl (C=O) groups is 1. The van der Waals surface area contributed by atoms with Gasteiger partial charge in [0.1, 0.15) is 6.04 Å². The van der Waals surface area contributed by atoms with Gasteiger partial charge in [0.05, 0.1) is 0 Å². The van der Waals surface area contributed by atoms with E-state index < -0.39 is 0 Å². The van der Waals surface area contributed by atoms with E-state index in [0.29, 0.717) is 17.3 Å². The van der Waals surface area contributed by atoms with Crippen LogP contribution in [0.25, 0.3) is 11.4 Å². The molecule has 0 radical (unpaired) electrons. The summed E-state index contributed by atoms with van der Waals surface area (Å²) >= 11 is 0. The third kappa shape index (κ3) is 4.06. The maximum Gasteiger partial charge on any atom is 0.251 e. The smallest absolute Gasteiger partial charge is 0.251 e. The number of amides is 1. The number of aromatic nitrogens is 2. The molecule has 1 amide bonds. The van der Waals surface area contributed by atoms with Gasteiger partial charge in [0.2, 0.25) is 11.7 Å². The van der Waals surface area contributed by atoms with Gasteiger partial charge in [-0.3, -0.25) is 4.79 Å². The highest BCUT2D eigenvalue weighted by Gasteiger charge is 2.18. The summed E-state index contributed by atoms with van der Waals surface area (Å²) in [6.45, 7) is 4.06. The summed E-state index contributed by atoms with van der Waals surface area (Å²) in [4.78, 5) is 19.2. The molecule has 6 heteroatoms. The van der Waals surface area contributed by atoms with Crippen molar-refractivity contribution in [2.24, 2.45) is 0 Å². The lowest BCUT2D eigenvalue weighted by molar-refractivity contribution is 0.0932. The number of nitrogens with zero attached hydrogens (tertiary/aromatic N) is 3. The summed E-state index contributed by atoms with van der Waals surface area (Å²) < 4.78 is 5.38. The second kappa shape index (κ2) is 8.25. The molecule has 0 aliphatic carbocycles. The fourth-order valence-electron chi connectivity index (χ4n) is 3.43. The van der Waals surface area contributed by atoms with Crippen LogP contribution < -0.4 is 10.2 Å². The normalized spacial score (nSPS) is 15.2. The topological polar surface area (TPSA) is 71.3 Å². The largest absolute Gasteiger partial charge is 0.372 e. The van der Waals surface area contributed by atoms with E-state index in [1.165, 1.54) is 24.9 Å². The molecule has 1 atom stereocenters. The minimum absolute atomic E-state index is 0.168. The predicted molar refractivity (Wildman–Crippen MR) is 108 cm³/mol. The Bertz CT molecular complexity index is 915. The highest BCUT2D eigenvalue weighted by atomic mass is 16.5. The van der Waals surface area contributed by atoms with Crippen molar-refractivity contribution in [3.8, 4) is 11.4 Å². The molecule has 4 rings (SSSR count). The van der Waals surface area contributed by atoms with Crippen LogP contribution in [0.1, 0.15) is 48.5 Å². The van der Waals surface area contributed by atoms with Crippen molar-refractivity contribution in [2.45, 2.75) is 32.2 Å². The molecule has 1 N–H and O–H groups in total. The average molecular weight is 376 g/mol. The van der Waals surface area contributed by atoms with E-state index in [0.717, 1.165) is 18.7 Å². The van der Waals surface area contributed by atoms with Gasteiger partial charge >= 0.3 is 0 Å². The molecule has 0 spiro atoms. The number of anilines is 1. The Morgan fingerprint density at radius 1 is 1.04 bits per heavy atom. The zero-order chi connectivity index (χ0) is 19.3. The van der Waals surface area contributed by atoms with Crippen LogP contribution in [0.4, 0.5) is 5.69 Å². The summed E-state index contributed by atoms with van der Waals surface area (Å²) in [7, 11) is 0. The first-order chi connectivity index (χ1) is 13.7. The highest BCUT2D eigenvalue weighted by molar-refractivity contribution is 5.94. The van der Waals surface area contributed by atoms with Crippen LogP contribution in [0.15, 0.2) is 59.1 Å². The van der Waals surface area contributed by atoms with Gasteiger partial charge in [-0.25, -0.2) is 0 Å². The van der Waals surface area contributed by atoms with Gasteiger partial charge in [0, 0.05) is 29.9 Å². The molecule has 2 heterocycles. The number of carbonyl (C=O) groups excluding carboxylic acids is 1. The maximum absolute atomic E-state index is 12.3. The molecule has 1 aliphatic rings. The van der Waals surface area contributed by atoms with Crippen molar-refractivity contribution < 1.29 is 9.32 Å². The molecule has 1 saturated heterocycles. The number of piperidine rings is 1. The predicted octanol–water partition coefficient (Wildman–Crippen LogP) is 4.22. The number of benzene rings is 2. The first-order valence-electron chi connectivity index (χ1n) is 9.75. The molecule has 144 valence electrons. The molecule has 2 aromatic carbocycles. The SMILES string of the molecule is C[C@H](NC(=O)c1ccccc1)c1nc(-c2ccc(N3CCCCC3)cc2)no1. The van der Waals surface area contributed by atoms with E-state index in [1.54, 1.807) is 12.1 Å². The molecular weight excluding hydrogens is 352 g/mol. The van der Waals surface area contributed by atoms with E-state index in [1.807, 2.05) is 37.3 Å². The molecule has 0 unspecified atom stereocenters. The Kier molecular flexibility index (Phi) is 5.37. The molecule has 1 aromatic heterocycles. The van der Waals surface area contributed by atoms with Crippen LogP contribution in [0.2, 0.25) is 0 Å². The number of rotatable bonds is 5. The molecule has 28 heavy (non-hydrogen) atoms. The minimum atomic E-state index is -0.374. The zero-order valence-electron chi connectivity index (χ0n) is 16.0. The first-order valence-corrected chi connectivity index (χ1v) is 9.75. The lowest BCUT2D eigenvalue weighted by Crippen LogP contribution is -2.29. The van der Waals surface area contributed by atoms with Crippen LogP contribution in [0, 0.1) is 0 Å². The van der Waals surface area contributed by atoms with Gasteiger partial charge in [0.25, 0.3) is 5.91 Å². The lowest BCUT2D eigenvalue weighted by atomic mass is 10.1. The summed E-state index contributed by atoms with van der Waals surface area (Å²) in [5.41, 5.74) is 2.73. The highest BCUT2D eigenvalue weighted by Crippen LogP contribution is 2.24. The van der Waals surface area contributed by atoms with Gasteiger partial charge < -0.3 is 14.7 Å². The molecular formula is C22H24N4O2. The van der Waals surface area contributed by atoms with Gasteiger partial charge in [-0.05, 0) is 62.6 Å². The fraction of sp³-hybridized carbons (Fsp3) is 0.318. The molecule has 1 aliphatic heterocycles. The van der Waals surface area contributed by atoms with E-state index >= 15 is 0 Å². The summed E-state index contributed by atoms with van der Waals surface area (Å²) in [5, 5.41) is 6.97. The van der Waals surface area contributed by atoms with Crippen LogP contribution >= 0.6 is 0 Å². The Balaban J connectivity index is 1.42. The third-order valence-electron chi connectivity index (χ3n) is 5.04. The van der Waals surface area contributed by atoms with Gasteiger partial charge in [-0.2, -0.15) is 4.98 Å². The first kappa shape index (κ1) is 18.2. The van der Waals surface area contributed by atoms with E-state index in [2.05, 4.69) is 32.5 Å². The molecule has 6 nitrogen and oxygen atoms in total. The summed E-state index contributed by atoms with van der Waals surface area (Å²) in [5.74, 6) is 0.749. The standard InChI is InChI=1S/C22H24N4O2/c1-16(23-21(27)18-8-4-2-5-9-18)22-24-20(25-28-22)17-10-12-19(13-11-17)26-14-6-3-7-15-26/h2,4-5,8-13,16H,3,6-7,14-15H2,1H3,(H,23,27)/t16-/m0/s1. The lowest BCUT2D eigenvalue weighted by Gasteiger charge is -2.28. The number of hydrogen-bond acceptors (Lipinski definition) is 5. The van der Waals surface area contributed by atoms with Crippen molar-refractivity contribution in [1.29, 1.82) is 0 Å². The van der Waals surface area contributed by atoms with Crippen LogP contribution in [-0.2, 0) is 0 Å². The van der Waals surface area contributed by atoms with Crippen molar-refractivity contribution in [3.05, 3.63) is 66.1 Å². The van der Waals surface area contributed by atoms with Crippen LogP contribution in [0.3, 0.4) is 0 Å². The van der Waals surface area contributed by atoms with Crippen molar-refractivity contribution in [1.82, 2.24) is 15.5 Å². The fourth-order valence-corrected chi connectivity index (χ4v) is 3.43. The van der Waals surface area contributed by atoms with Crippen molar-refractivity contribution >= 4 is 11.6 Å². The Morgan fingerprint density at radius 3 is 2.46 bits per heavy atom. The van der Waals surface area contributed by atoms with Crippen LogP contribution in [-0.4, -0.2) is 29.1 Å². The van der Waals surface area contributed by atoms with Gasteiger partial charge in [-0.15, -0.1) is 0 Å². The van der Waals surface area contributed by atoms with Crippen molar-refractivity contribution in [3.63, 3.8) is 0 Å². The van der Waals surface area contributed by atoms with E-state index in [4.69, 9.17) is 4.52 Å². The van der Waals surface area contributed by atoms with Crippen molar-refractivity contribution in [2.75, 3.05) is 18.0 Å². The van der Waals surface area contributed by atoms with E-state index in [-0.39, 0.29) is 11.9 Å². The monoisotopic (exact) mass is 376 g/mol. The summed E-state index contributed by atoms with van der Waals surface area (Å²) in [6.07, 6.45) is 3.82. The van der Waals surface area contributed by atoms with Gasteiger partial charge in [0.15, 0.2) is 0 Å². The number of hydrogen-bond donors (Lipinski definition) is 1. The van der Waals surface area contributed by atoms with Gasteiger partial charge in [-0.1, -0.05) is 23.4 Å². The quantitative estimate of drug-likeness (QED) is 0.722. The second-order valence-electron chi connectivity index (χ2n) is 7.11. The Labute approximate surface area is 164 Å². The third-order valence-corrected chi connectivity index (χ3v) is 5.04. The number of nitrogens with one attached hydrogen (secondary N) is 1. The van der Waals surface area contributed by atoms with Crippen LogP contribution in [0.5, 0.6) is 0 Å². The average Bonchev–Trinajstić information content (AvgIpc) is 3.26. The molecule has 0 bridgehead atoms. The molecule has 3 aromatic rings.